The van der Waals surface area contributed by atoms with Gasteiger partial charge in [0.05, 0.1) is 11.3 Å². The van der Waals surface area contributed by atoms with Crippen LogP contribution in [0.4, 0.5) is 0 Å². The summed E-state index contributed by atoms with van der Waals surface area (Å²) < 4.78 is 1.76. The van der Waals surface area contributed by atoms with E-state index in [9.17, 15) is 4.79 Å². The van der Waals surface area contributed by atoms with Crippen molar-refractivity contribution in [2.24, 2.45) is 5.92 Å². The van der Waals surface area contributed by atoms with Crippen molar-refractivity contribution < 1.29 is 4.79 Å². The fraction of sp³-hybridized carbons (Fsp3) is 0.412. The molecule has 2 aliphatic rings. The summed E-state index contributed by atoms with van der Waals surface area (Å²) >= 11 is 0. The lowest BCUT2D eigenvalue weighted by Crippen LogP contribution is -2.62. The molecule has 0 saturated carbocycles. The Morgan fingerprint density at radius 3 is 3.00 bits per heavy atom. The molecule has 0 bridgehead atoms. The van der Waals surface area contributed by atoms with Crippen LogP contribution >= 0.6 is 0 Å². The summed E-state index contributed by atoms with van der Waals surface area (Å²) in [5.41, 5.74) is 2.68. The van der Waals surface area contributed by atoms with Gasteiger partial charge in [-0.2, -0.15) is 5.10 Å². The summed E-state index contributed by atoms with van der Waals surface area (Å²) in [4.78, 5) is 15.0. The molecule has 2 aromatic rings. The van der Waals surface area contributed by atoms with E-state index in [0.29, 0.717) is 6.04 Å². The van der Waals surface area contributed by atoms with E-state index in [1.807, 2.05) is 42.3 Å². The number of nitrogens with zero attached hydrogens (tertiary/aromatic N) is 3. The van der Waals surface area contributed by atoms with Gasteiger partial charge in [-0.3, -0.25) is 4.79 Å². The molecule has 2 fully saturated rings. The normalized spacial score (nSPS) is 23.8. The Labute approximate surface area is 129 Å². The van der Waals surface area contributed by atoms with Gasteiger partial charge in [0.2, 0.25) is 0 Å². The monoisotopic (exact) mass is 296 g/mol. The first-order valence-corrected chi connectivity index (χ1v) is 7.86. The number of benzene rings is 1. The van der Waals surface area contributed by atoms with Gasteiger partial charge in [0.25, 0.3) is 5.91 Å². The number of piperidine rings is 1. The SMILES string of the molecule is Cc1ccc(-n2cccn2)c(C(=O)N2CC[C@H]3CN[C@H]3C2)c1. The number of carbonyl (C=O) groups is 1. The molecule has 5 nitrogen and oxygen atoms in total. The van der Waals surface area contributed by atoms with E-state index in [1.165, 1.54) is 0 Å². The predicted molar refractivity (Wildman–Crippen MR) is 84.1 cm³/mol. The van der Waals surface area contributed by atoms with Crippen LogP contribution in [-0.4, -0.2) is 46.3 Å². The van der Waals surface area contributed by atoms with Gasteiger partial charge in [-0.15, -0.1) is 0 Å². The second-order valence-electron chi connectivity index (χ2n) is 6.29. The van der Waals surface area contributed by atoms with Crippen molar-refractivity contribution in [2.45, 2.75) is 19.4 Å². The Morgan fingerprint density at radius 2 is 2.32 bits per heavy atom. The third-order valence-electron chi connectivity index (χ3n) is 4.82. The molecular weight excluding hydrogens is 276 g/mol. The Hall–Kier alpha value is -2.14. The molecule has 114 valence electrons. The first kappa shape index (κ1) is 13.5. The van der Waals surface area contributed by atoms with Crippen LogP contribution in [0.1, 0.15) is 22.3 Å². The molecule has 2 aliphatic heterocycles. The van der Waals surface area contributed by atoms with Crippen LogP contribution in [0.25, 0.3) is 5.69 Å². The summed E-state index contributed by atoms with van der Waals surface area (Å²) in [5.74, 6) is 0.869. The molecule has 0 spiro atoms. The Bertz CT molecular complexity index is 695. The highest BCUT2D eigenvalue weighted by atomic mass is 16.2. The van der Waals surface area contributed by atoms with Crippen molar-refractivity contribution >= 4 is 5.91 Å². The van der Waals surface area contributed by atoms with E-state index < -0.39 is 0 Å². The van der Waals surface area contributed by atoms with E-state index in [0.717, 1.165) is 48.8 Å². The fourth-order valence-electron chi connectivity index (χ4n) is 3.41. The molecule has 5 heteroatoms. The van der Waals surface area contributed by atoms with Gasteiger partial charge < -0.3 is 10.2 Å². The standard InChI is InChI=1S/C17H20N4O/c1-12-3-4-16(21-7-2-6-19-21)14(9-12)17(22)20-8-5-13-10-18-15(13)11-20/h2-4,6-7,9,13,15,18H,5,8,10-11H2,1H3/t13-,15-/m0/s1. The van der Waals surface area contributed by atoms with Crippen molar-refractivity contribution in [3.63, 3.8) is 0 Å². The predicted octanol–water partition coefficient (Wildman–Crippen LogP) is 1.61. The zero-order valence-electron chi connectivity index (χ0n) is 12.7. The lowest BCUT2D eigenvalue weighted by molar-refractivity contribution is 0.0518. The molecule has 22 heavy (non-hydrogen) atoms. The minimum absolute atomic E-state index is 0.112. The van der Waals surface area contributed by atoms with Crippen LogP contribution < -0.4 is 5.32 Å². The molecular formula is C17H20N4O. The average Bonchev–Trinajstić information content (AvgIpc) is 3.02. The lowest BCUT2D eigenvalue weighted by Gasteiger charge is -2.46. The summed E-state index contributed by atoms with van der Waals surface area (Å²) in [5, 5.41) is 7.70. The maximum atomic E-state index is 13.0. The molecule has 0 unspecified atom stereocenters. The third kappa shape index (κ3) is 2.22. The second kappa shape index (κ2) is 5.25. The quantitative estimate of drug-likeness (QED) is 0.916. The van der Waals surface area contributed by atoms with Gasteiger partial charge in [-0.1, -0.05) is 11.6 Å². The van der Waals surface area contributed by atoms with Crippen molar-refractivity contribution in [2.75, 3.05) is 19.6 Å². The third-order valence-corrected chi connectivity index (χ3v) is 4.82. The summed E-state index contributed by atoms with van der Waals surface area (Å²) in [7, 11) is 0. The molecule has 3 heterocycles. The molecule has 1 amide bonds. The van der Waals surface area contributed by atoms with E-state index >= 15 is 0 Å². The van der Waals surface area contributed by atoms with E-state index in [2.05, 4.69) is 10.4 Å². The number of hydrogen-bond donors (Lipinski definition) is 1. The fourth-order valence-corrected chi connectivity index (χ4v) is 3.41. The van der Waals surface area contributed by atoms with Gasteiger partial charge >= 0.3 is 0 Å². The van der Waals surface area contributed by atoms with Crippen LogP contribution in [0.15, 0.2) is 36.7 Å². The van der Waals surface area contributed by atoms with Crippen LogP contribution in [0, 0.1) is 12.8 Å². The van der Waals surface area contributed by atoms with Gasteiger partial charge in [0.1, 0.15) is 0 Å². The number of aromatic nitrogens is 2. The van der Waals surface area contributed by atoms with Crippen molar-refractivity contribution in [1.82, 2.24) is 20.0 Å². The van der Waals surface area contributed by atoms with Crippen molar-refractivity contribution in [3.05, 3.63) is 47.8 Å². The van der Waals surface area contributed by atoms with Gasteiger partial charge in [0, 0.05) is 31.5 Å². The average molecular weight is 296 g/mol. The molecule has 2 atom stereocenters. The number of amides is 1. The number of fused-ring (bicyclic) bond motifs is 1. The number of nitrogens with one attached hydrogen (secondary N) is 1. The van der Waals surface area contributed by atoms with Gasteiger partial charge in [-0.25, -0.2) is 4.68 Å². The lowest BCUT2D eigenvalue weighted by atomic mass is 9.84. The van der Waals surface area contributed by atoms with Crippen LogP contribution in [-0.2, 0) is 0 Å². The highest BCUT2D eigenvalue weighted by molar-refractivity contribution is 5.98. The zero-order valence-corrected chi connectivity index (χ0v) is 12.7. The van der Waals surface area contributed by atoms with Crippen LogP contribution in [0.3, 0.4) is 0 Å². The molecule has 0 radical (unpaired) electrons. The number of likely N-dealkylation sites (tertiary alicyclic amines) is 1. The molecule has 1 aromatic carbocycles. The maximum Gasteiger partial charge on any atom is 0.256 e. The Kier molecular flexibility index (Phi) is 3.22. The summed E-state index contributed by atoms with van der Waals surface area (Å²) in [6, 6.07) is 8.32. The summed E-state index contributed by atoms with van der Waals surface area (Å²) in [6.07, 6.45) is 4.71. The Morgan fingerprint density at radius 1 is 1.41 bits per heavy atom. The largest absolute Gasteiger partial charge is 0.337 e. The number of rotatable bonds is 2. The number of carbonyl (C=O) groups excluding carboxylic acids is 1. The first-order valence-electron chi connectivity index (χ1n) is 7.86. The molecule has 4 rings (SSSR count). The summed E-state index contributed by atoms with van der Waals surface area (Å²) in [6.45, 7) is 4.79. The molecule has 0 aliphatic carbocycles. The van der Waals surface area contributed by atoms with Gasteiger partial charge in [0.15, 0.2) is 0 Å². The van der Waals surface area contributed by atoms with E-state index in [4.69, 9.17) is 0 Å². The van der Waals surface area contributed by atoms with Gasteiger partial charge in [-0.05, 0) is 44.0 Å². The molecule has 1 N–H and O–H groups in total. The Balaban J connectivity index is 1.66. The highest BCUT2D eigenvalue weighted by Crippen LogP contribution is 2.26. The minimum atomic E-state index is 0.112. The zero-order chi connectivity index (χ0) is 15.1. The minimum Gasteiger partial charge on any atom is -0.337 e. The van der Waals surface area contributed by atoms with Crippen molar-refractivity contribution in [3.8, 4) is 5.69 Å². The van der Waals surface area contributed by atoms with E-state index in [1.54, 1.807) is 10.9 Å². The topological polar surface area (TPSA) is 50.2 Å². The molecule has 1 aromatic heterocycles. The molecule has 2 saturated heterocycles. The smallest absolute Gasteiger partial charge is 0.256 e. The second-order valence-corrected chi connectivity index (χ2v) is 6.29. The van der Waals surface area contributed by atoms with Crippen LogP contribution in [0.5, 0.6) is 0 Å². The number of aryl methyl sites for hydroxylation is 1. The number of hydrogen-bond acceptors (Lipinski definition) is 3. The van der Waals surface area contributed by atoms with Crippen LogP contribution in [0.2, 0.25) is 0 Å². The first-order chi connectivity index (χ1) is 10.7. The van der Waals surface area contributed by atoms with Crippen molar-refractivity contribution in [1.29, 1.82) is 0 Å². The maximum absolute atomic E-state index is 13.0. The van der Waals surface area contributed by atoms with E-state index in [-0.39, 0.29) is 5.91 Å². The highest BCUT2D eigenvalue weighted by Gasteiger charge is 2.37.